The molecule has 1 nitrogen and oxygen atoms in total. The fourth-order valence-corrected chi connectivity index (χ4v) is 2.58. The second-order valence-corrected chi connectivity index (χ2v) is 4.71. The van der Waals surface area contributed by atoms with Gasteiger partial charge in [0.15, 0.2) is 11.4 Å². The molecule has 0 spiro atoms. The minimum atomic E-state index is -0.384. The third-order valence-electron chi connectivity index (χ3n) is 2.50. The Morgan fingerprint density at radius 3 is 2.75 bits per heavy atom. The summed E-state index contributed by atoms with van der Waals surface area (Å²) in [7, 11) is 0. The summed E-state index contributed by atoms with van der Waals surface area (Å²) in [6, 6.07) is 8.32. The third-order valence-corrected chi connectivity index (χ3v) is 3.47. The monoisotopic (exact) mass is 298 g/mol. The molecule has 0 unspecified atom stereocenters. The normalized spacial score (nSPS) is 11.4. The van der Waals surface area contributed by atoms with Gasteiger partial charge >= 0.3 is 0 Å². The molecule has 0 bridgehead atoms. The Balaban J connectivity index is 2.68. The van der Waals surface area contributed by atoms with E-state index < -0.39 is 0 Å². The van der Waals surface area contributed by atoms with E-state index in [4.69, 9.17) is 16.0 Å². The van der Waals surface area contributed by atoms with Gasteiger partial charge in [-0.1, -0.05) is 33.6 Å². The van der Waals surface area contributed by atoms with Crippen molar-refractivity contribution >= 4 is 49.5 Å². The van der Waals surface area contributed by atoms with Crippen molar-refractivity contribution < 1.29 is 8.81 Å². The summed E-state index contributed by atoms with van der Waals surface area (Å²) in [5.41, 5.74) is 0.825. The number of fused-ring (bicyclic) bond motifs is 3. The van der Waals surface area contributed by atoms with E-state index in [-0.39, 0.29) is 11.4 Å². The molecule has 0 saturated carbocycles. The van der Waals surface area contributed by atoms with Crippen LogP contribution in [0.25, 0.3) is 21.9 Å². The lowest BCUT2D eigenvalue weighted by molar-refractivity contribution is 0.584. The Hall–Kier alpha value is -1.06. The highest BCUT2D eigenvalue weighted by atomic mass is 79.9. The fraction of sp³-hybridized carbons (Fsp3) is 0. The molecule has 3 aromatic rings. The van der Waals surface area contributed by atoms with Gasteiger partial charge in [0, 0.05) is 15.2 Å². The van der Waals surface area contributed by atoms with Crippen molar-refractivity contribution in [3.05, 3.63) is 45.6 Å². The molecule has 0 fully saturated rings. The minimum absolute atomic E-state index is 0.234. The van der Waals surface area contributed by atoms with Crippen LogP contribution in [0.2, 0.25) is 5.02 Å². The van der Waals surface area contributed by atoms with Crippen molar-refractivity contribution in [1.29, 1.82) is 0 Å². The Morgan fingerprint density at radius 1 is 1.12 bits per heavy atom. The summed E-state index contributed by atoms with van der Waals surface area (Å²) in [5, 5.41) is 1.98. The molecule has 1 aromatic heterocycles. The summed E-state index contributed by atoms with van der Waals surface area (Å²) >= 11 is 9.48. The zero-order chi connectivity index (χ0) is 11.3. The van der Waals surface area contributed by atoms with Gasteiger partial charge in [-0.05, 0) is 24.3 Å². The van der Waals surface area contributed by atoms with Crippen LogP contribution in [0.5, 0.6) is 0 Å². The average molecular weight is 300 g/mol. The second kappa shape index (κ2) is 3.47. The maximum atomic E-state index is 13.6. The molecule has 2 aromatic carbocycles. The van der Waals surface area contributed by atoms with E-state index in [0.29, 0.717) is 16.0 Å². The zero-order valence-electron chi connectivity index (χ0n) is 7.93. The fourth-order valence-electron chi connectivity index (χ4n) is 1.81. The number of halogens is 3. The van der Waals surface area contributed by atoms with Crippen molar-refractivity contribution in [3.63, 3.8) is 0 Å². The molecule has 0 aliphatic heterocycles. The zero-order valence-corrected chi connectivity index (χ0v) is 10.3. The molecule has 4 heteroatoms. The van der Waals surface area contributed by atoms with Crippen LogP contribution in [0, 0.1) is 5.82 Å². The number of furan rings is 1. The van der Waals surface area contributed by atoms with Crippen LogP contribution in [0.1, 0.15) is 0 Å². The molecule has 0 aliphatic carbocycles. The number of rotatable bonds is 0. The van der Waals surface area contributed by atoms with Crippen LogP contribution in [0.15, 0.2) is 39.2 Å². The first-order chi connectivity index (χ1) is 7.68. The number of benzene rings is 2. The van der Waals surface area contributed by atoms with Crippen molar-refractivity contribution in [1.82, 2.24) is 0 Å². The molecule has 16 heavy (non-hydrogen) atoms. The average Bonchev–Trinajstić information content (AvgIpc) is 2.65. The van der Waals surface area contributed by atoms with E-state index in [2.05, 4.69) is 15.9 Å². The largest absolute Gasteiger partial charge is 0.453 e. The molecule has 0 aliphatic rings. The quantitative estimate of drug-likeness (QED) is 0.560. The number of hydrogen-bond acceptors (Lipinski definition) is 1. The summed E-state index contributed by atoms with van der Waals surface area (Å²) < 4.78 is 19.8. The summed E-state index contributed by atoms with van der Waals surface area (Å²) in [4.78, 5) is 0. The lowest BCUT2D eigenvalue weighted by Crippen LogP contribution is -1.76. The van der Waals surface area contributed by atoms with E-state index in [1.807, 2.05) is 0 Å². The second-order valence-electron chi connectivity index (χ2n) is 3.45. The van der Waals surface area contributed by atoms with Gasteiger partial charge in [0.25, 0.3) is 0 Å². The Kier molecular flexibility index (Phi) is 2.19. The molecule has 0 atom stereocenters. The molecule has 3 rings (SSSR count). The Bertz CT molecular complexity index is 705. The van der Waals surface area contributed by atoms with Crippen LogP contribution in [-0.4, -0.2) is 0 Å². The molecule has 0 radical (unpaired) electrons. The molecule has 80 valence electrons. The molecular weight excluding hydrogens is 294 g/mol. The highest BCUT2D eigenvalue weighted by molar-refractivity contribution is 9.10. The van der Waals surface area contributed by atoms with Gasteiger partial charge in [-0.25, -0.2) is 4.39 Å². The van der Waals surface area contributed by atoms with Gasteiger partial charge in [0.1, 0.15) is 5.58 Å². The van der Waals surface area contributed by atoms with E-state index in [0.717, 1.165) is 9.86 Å². The third kappa shape index (κ3) is 1.28. The summed E-state index contributed by atoms with van der Waals surface area (Å²) in [6.45, 7) is 0. The Morgan fingerprint density at radius 2 is 1.94 bits per heavy atom. The van der Waals surface area contributed by atoms with Gasteiger partial charge in [-0.3, -0.25) is 0 Å². The lowest BCUT2D eigenvalue weighted by atomic mass is 10.1. The smallest absolute Gasteiger partial charge is 0.172 e. The molecule has 0 amide bonds. The van der Waals surface area contributed by atoms with Gasteiger partial charge in [0.2, 0.25) is 0 Å². The molecule has 1 heterocycles. The van der Waals surface area contributed by atoms with Gasteiger partial charge in [-0.15, -0.1) is 0 Å². The van der Waals surface area contributed by atoms with Crippen LogP contribution in [0.3, 0.4) is 0 Å². The predicted molar refractivity (Wildman–Crippen MR) is 66.4 cm³/mol. The van der Waals surface area contributed by atoms with Crippen molar-refractivity contribution in [2.45, 2.75) is 0 Å². The topological polar surface area (TPSA) is 13.1 Å². The maximum absolute atomic E-state index is 13.6. The van der Waals surface area contributed by atoms with Gasteiger partial charge in [0.05, 0.1) is 5.02 Å². The van der Waals surface area contributed by atoms with Crippen molar-refractivity contribution in [2.24, 2.45) is 0 Å². The summed E-state index contributed by atoms with van der Waals surface area (Å²) in [5.74, 6) is -0.384. The molecular formula is C12H5BrClFO. The lowest BCUT2D eigenvalue weighted by Gasteiger charge is -1.95. The Labute approximate surface area is 104 Å². The first-order valence-electron chi connectivity index (χ1n) is 4.63. The SMILES string of the molecule is Fc1ccc(Br)c2c1oc1cccc(Cl)c12. The highest BCUT2D eigenvalue weighted by Crippen LogP contribution is 2.38. The molecule has 0 saturated heterocycles. The highest BCUT2D eigenvalue weighted by Gasteiger charge is 2.15. The van der Waals surface area contributed by atoms with Gasteiger partial charge < -0.3 is 4.42 Å². The van der Waals surface area contributed by atoms with E-state index in [1.54, 1.807) is 24.3 Å². The van der Waals surface area contributed by atoms with Crippen molar-refractivity contribution in [3.8, 4) is 0 Å². The predicted octanol–water partition coefficient (Wildman–Crippen LogP) is 5.14. The van der Waals surface area contributed by atoms with Crippen molar-refractivity contribution in [2.75, 3.05) is 0 Å². The maximum Gasteiger partial charge on any atom is 0.172 e. The van der Waals surface area contributed by atoms with Crippen LogP contribution < -0.4 is 0 Å². The first-order valence-corrected chi connectivity index (χ1v) is 5.80. The van der Waals surface area contributed by atoms with Crippen LogP contribution in [0.4, 0.5) is 4.39 Å². The molecule has 0 N–H and O–H groups in total. The standard InChI is InChI=1S/C12H5BrClFO/c13-6-4-5-8(15)12-10(6)11-7(14)2-1-3-9(11)16-12/h1-5H. The van der Waals surface area contributed by atoms with E-state index in [9.17, 15) is 4.39 Å². The minimum Gasteiger partial charge on any atom is -0.453 e. The van der Waals surface area contributed by atoms with Crippen LogP contribution in [-0.2, 0) is 0 Å². The van der Waals surface area contributed by atoms with Gasteiger partial charge in [-0.2, -0.15) is 0 Å². The number of hydrogen-bond donors (Lipinski definition) is 0. The van der Waals surface area contributed by atoms with E-state index in [1.165, 1.54) is 6.07 Å². The first kappa shape index (κ1) is 10.1. The summed E-state index contributed by atoms with van der Waals surface area (Å²) in [6.07, 6.45) is 0. The van der Waals surface area contributed by atoms with Crippen LogP contribution >= 0.6 is 27.5 Å². The van der Waals surface area contributed by atoms with E-state index >= 15 is 0 Å².